The molecule has 0 aromatic carbocycles. The van der Waals surface area contributed by atoms with Gasteiger partial charge in [0.25, 0.3) is 0 Å². The van der Waals surface area contributed by atoms with Gasteiger partial charge in [-0.25, -0.2) is 0 Å². The van der Waals surface area contributed by atoms with Crippen LogP contribution >= 0.6 is 0 Å². The zero-order valence-electron chi connectivity index (χ0n) is 28.5. The van der Waals surface area contributed by atoms with Crippen molar-refractivity contribution in [3.63, 3.8) is 0 Å². The maximum atomic E-state index is 13.0. The Kier molecular flexibility index (Phi) is 15.7. The lowest BCUT2D eigenvalue weighted by molar-refractivity contribution is -0.148. The third kappa shape index (κ3) is 16.4. The molecule has 0 aromatic rings. The molecule has 0 heterocycles. The maximum Gasteiger partial charge on any atom is 0.309 e. The molecule has 246 valence electrons. The molecule has 0 aliphatic carbocycles. The van der Waals surface area contributed by atoms with Gasteiger partial charge in [-0.2, -0.15) is 0 Å². The smallest absolute Gasteiger partial charge is 0.309 e. The summed E-state index contributed by atoms with van der Waals surface area (Å²) >= 11 is 0. The monoisotopic (exact) mass is 599 g/mol. The predicted molar refractivity (Wildman–Crippen MR) is 166 cm³/mol. The molecule has 0 saturated heterocycles. The van der Waals surface area contributed by atoms with Gasteiger partial charge in [0.1, 0.15) is 0 Å². The van der Waals surface area contributed by atoms with E-state index in [1.807, 2.05) is 55.4 Å². The summed E-state index contributed by atoms with van der Waals surface area (Å²) in [4.78, 5) is 49.3. The highest BCUT2D eigenvalue weighted by molar-refractivity contribution is 5.83. The number of hydrogen-bond donors (Lipinski definition) is 4. The Bertz CT molecular complexity index is 895. The Hall–Kier alpha value is -2.20. The van der Waals surface area contributed by atoms with Crippen LogP contribution in [0.25, 0.3) is 0 Å². The van der Waals surface area contributed by atoms with Gasteiger partial charge in [-0.15, -0.1) is 0 Å². The van der Waals surface area contributed by atoms with Crippen LogP contribution in [0.15, 0.2) is 0 Å². The first-order valence-electron chi connectivity index (χ1n) is 15.3. The molecule has 0 spiro atoms. The molecule has 4 N–H and O–H groups in total. The van der Waals surface area contributed by atoms with Crippen molar-refractivity contribution in [3.8, 4) is 0 Å². The van der Waals surface area contributed by atoms with Crippen LogP contribution in [-0.4, -0.2) is 71.8 Å². The van der Waals surface area contributed by atoms with Crippen molar-refractivity contribution in [1.29, 1.82) is 0 Å². The maximum absolute atomic E-state index is 13.0. The molecule has 42 heavy (non-hydrogen) atoms. The summed E-state index contributed by atoms with van der Waals surface area (Å²) < 4.78 is 12.1. The van der Waals surface area contributed by atoms with E-state index >= 15 is 0 Å². The van der Waals surface area contributed by atoms with E-state index in [4.69, 9.17) is 9.47 Å². The molecular weight excluding hydrogens is 538 g/mol. The highest BCUT2D eigenvalue weighted by Gasteiger charge is 2.38. The number of amides is 3. The number of rotatable bonds is 21. The van der Waals surface area contributed by atoms with E-state index in [1.54, 1.807) is 20.8 Å². The average Bonchev–Trinajstić information content (AvgIpc) is 2.83. The van der Waals surface area contributed by atoms with Gasteiger partial charge in [-0.3, -0.25) is 19.2 Å². The van der Waals surface area contributed by atoms with Crippen molar-refractivity contribution in [2.45, 2.75) is 138 Å². The summed E-state index contributed by atoms with van der Waals surface area (Å²) in [6, 6.07) is 0. The van der Waals surface area contributed by atoms with Crippen molar-refractivity contribution in [2.24, 2.45) is 16.7 Å². The van der Waals surface area contributed by atoms with Crippen LogP contribution in [0.5, 0.6) is 0 Å². The van der Waals surface area contributed by atoms with Crippen LogP contribution in [0.3, 0.4) is 0 Å². The Labute approximate surface area is 254 Å². The van der Waals surface area contributed by atoms with E-state index in [0.29, 0.717) is 45.6 Å². The summed E-state index contributed by atoms with van der Waals surface area (Å²) in [5, 5.41) is 18.2. The molecule has 10 nitrogen and oxygen atoms in total. The van der Waals surface area contributed by atoms with Crippen LogP contribution < -0.4 is 16.0 Å². The zero-order valence-corrected chi connectivity index (χ0v) is 28.5. The Morgan fingerprint density at radius 3 is 1.95 bits per heavy atom. The number of carboxylic acids is 1. The molecule has 10 heteroatoms. The number of carbonyl (C=O) groups is 4. The number of carboxylic acid groups (broad SMARTS) is 1. The summed E-state index contributed by atoms with van der Waals surface area (Å²) in [7, 11) is 0. The molecule has 0 aliphatic heterocycles. The van der Waals surface area contributed by atoms with Gasteiger partial charge in [-0.1, -0.05) is 34.1 Å². The first kappa shape index (κ1) is 39.8. The SMILES string of the molecule is CCCCNC(=O)CCC(C)(C)OCC(C)(C)OCCNC(=O)C(C)(C)CC(C)(C)NC(=O)C(C)CC(C)(C)C(=O)O. The second kappa shape index (κ2) is 16.6. The van der Waals surface area contributed by atoms with E-state index in [0.717, 1.165) is 12.8 Å². The topological polar surface area (TPSA) is 143 Å². The van der Waals surface area contributed by atoms with Gasteiger partial charge >= 0.3 is 5.97 Å². The van der Waals surface area contributed by atoms with Crippen molar-refractivity contribution < 1.29 is 33.8 Å². The molecule has 0 saturated carbocycles. The number of nitrogens with one attached hydrogen (secondary N) is 3. The third-order valence-corrected chi connectivity index (χ3v) is 7.30. The minimum atomic E-state index is -1.01. The van der Waals surface area contributed by atoms with Gasteiger partial charge in [0, 0.05) is 36.4 Å². The van der Waals surface area contributed by atoms with E-state index in [9.17, 15) is 24.3 Å². The first-order valence-corrected chi connectivity index (χ1v) is 15.3. The van der Waals surface area contributed by atoms with Gasteiger partial charge in [0.05, 0.1) is 29.8 Å². The van der Waals surface area contributed by atoms with Crippen LogP contribution in [-0.2, 0) is 28.7 Å². The molecular formula is C32H61N3O7. The normalized spacial score (nSPS) is 13.8. The molecule has 1 unspecified atom stereocenters. The zero-order chi connectivity index (χ0) is 33.0. The van der Waals surface area contributed by atoms with E-state index < -0.39 is 39.5 Å². The van der Waals surface area contributed by atoms with Crippen molar-refractivity contribution in [2.75, 3.05) is 26.3 Å². The first-order chi connectivity index (χ1) is 19.0. The molecule has 0 radical (unpaired) electrons. The molecule has 0 fully saturated rings. The minimum absolute atomic E-state index is 0.0365. The lowest BCUT2D eigenvalue weighted by Gasteiger charge is -2.36. The van der Waals surface area contributed by atoms with Crippen LogP contribution in [0, 0.1) is 16.7 Å². The fourth-order valence-electron chi connectivity index (χ4n) is 4.75. The molecule has 1 atom stereocenters. The number of unbranched alkanes of at least 4 members (excludes halogenated alkanes) is 1. The van der Waals surface area contributed by atoms with Crippen molar-refractivity contribution in [3.05, 3.63) is 0 Å². The van der Waals surface area contributed by atoms with E-state index in [2.05, 4.69) is 22.9 Å². The summed E-state index contributed by atoms with van der Waals surface area (Å²) in [6.07, 6.45) is 3.62. The number of ether oxygens (including phenoxy) is 2. The Balaban J connectivity index is 4.66. The van der Waals surface area contributed by atoms with Gasteiger partial charge < -0.3 is 30.5 Å². The fraction of sp³-hybridized carbons (Fsp3) is 0.875. The summed E-state index contributed by atoms with van der Waals surface area (Å²) in [6.45, 7) is 23.8. The summed E-state index contributed by atoms with van der Waals surface area (Å²) in [5.41, 5.74) is -3.53. The highest BCUT2D eigenvalue weighted by Crippen LogP contribution is 2.30. The van der Waals surface area contributed by atoms with Crippen molar-refractivity contribution >= 4 is 23.7 Å². The van der Waals surface area contributed by atoms with Crippen LogP contribution in [0.4, 0.5) is 0 Å². The standard InChI is InChI=1S/C32H61N3O7/c1-13-14-17-33-24(36)15-16-31(9,10)42-22-32(11,12)41-19-18-34-26(38)29(5,6)21-30(7,8)35-25(37)23(2)20-28(3,4)27(39)40/h23H,13-22H2,1-12H3,(H,33,36)(H,34,38)(H,35,37)(H,39,40). The van der Waals surface area contributed by atoms with Crippen LogP contribution in [0.2, 0.25) is 0 Å². The Morgan fingerprint density at radius 2 is 1.40 bits per heavy atom. The molecule has 0 rings (SSSR count). The van der Waals surface area contributed by atoms with Crippen molar-refractivity contribution in [1.82, 2.24) is 16.0 Å². The van der Waals surface area contributed by atoms with Crippen LogP contribution in [0.1, 0.15) is 122 Å². The van der Waals surface area contributed by atoms with Gasteiger partial charge in [0.2, 0.25) is 17.7 Å². The second-order valence-electron chi connectivity index (χ2n) is 14.8. The lowest BCUT2D eigenvalue weighted by atomic mass is 9.78. The number of hydrogen-bond acceptors (Lipinski definition) is 6. The van der Waals surface area contributed by atoms with E-state index in [1.165, 1.54) is 0 Å². The lowest BCUT2D eigenvalue weighted by Crippen LogP contribution is -2.51. The minimum Gasteiger partial charge on any atom is -0.481 e. The van der Waals surface area contributed by atoms with Gasteiger partial charge in [0.15, 0.2) is 0 Å². The average molecular weight is 600 g/mol. The molecule has 0 bridgehead atoms. The fourth-order valence-corrected chi connectivity index (χ4v) is 4.75. The number of carbonyl (C=O) groups excluding carboxylic acids is 3. The molecule has 0 aromatic heterocycles. The predicted octanol–water partition coefficient (Wildman–Crippen LogP) is 4.84. The highest BCUT2D eigenvalue weighted by atomic mass is 16.6. The quantitative estimate of drug-likeness (QED) is 0.138. The largest absolute Gasteiger partial charge is 0.481 e. The third-order valence-electron chi connectivity index (χ3n) is 7.30. The van der Waals surface area contributed by atoms with E-state index in [-0.39, 0.29) is 24.1 Å². The Morgan fingerprint density at radius 1 is 0.810 bits per heavy atom. The second-order valence-corrected chi connectivity index (χ2v) is 14.8. The van der Waals surface area contributed by atoms with Gasteiger partial charge in [-0.05, 0) is 81.1 Å². The summed E-state index contributed by atoms with van der Waals surface area (Å²) in [5.74, 6) is -1.78. The molecule has 0 aliphatic rings. The molecule has 3 amide bonds. The number of aliphatic carboxylic acids is 1.